The van der Waals surface area contributed by atoms with E-state index in [9.17, 15) is 14.7 Å². The van der Waals surface area contributed by atoms with Gasteiger partial charge in [-0.1, -0.05) is 0 Å². The first-order valence-electron chi connectivity index (χ1n) is 26.4. The second-order valence-electron chi connectivity index (χ2n) is 21.6. The minimum absolute atomic E-state index is 0.177. The molecule has 2 saturated heterocycles. The molecular weight excluding hydrogens is 989 g/mol. The average molecular weight is 1050 g/mol. The lowest BCUT2D eigenvalue weighted by molar-refractivity contribution is -0.103. The molecule has 0 saturated carbocycles. The van der Waals surface area contributed by atoms with Crippen LogP contribution in [-0.4, -0.2) is 151 Å². The molecule has 8 aromatic rings. The molecule has 21 heteroatoms. The van der Waals surface area contributed by atoms with E-state index in [1.165, 1.54) is 0 Å². The Morgan fingerprint density at radius 2 is 1.27 bits per heavy atom. The number of hydrogen-bond acceptors (Lipinski definition) is 17. The van der Waals surface area contributed by atoms with Crippen LogP contribution in [0.25, 0.3) is 44.6 Å². The molecule has 1 unspecified atom stereocenters. The van der Waals surface area contributed by atoms with Crippen LogP contribution in [0.2, 0.25) is 0 Å². The van der Waals surface area contributed by atoms with E-state index >= 15 is 0 Å². The van der Waals surface area contributed by atoms with E-state index in [-0.39, 0.29) is 17.9 Å². The quantitative estimate of drug-likeness (QED) is 0.0817. The number of hydrogen-bond donors (Lipinski definition) is 5. The summed E-state index contributed by atoms with van der Waals surface area (Å²) in [6.07, 6.45) is 10.5. The van der Waals surface area contributed by atoms with Crippen LogP contribution in [0, 0.1) is 0 Å². The van der Waals surface area contributed by atoms with Crippen LogP contribution < -0.4 is 31.1 Å². The zero-order valence-corrected chi connectivity index (χ0v) is 45.0. The minimum atomic E-state index is -1.13. The predicted molar refractivity (Wildman–Crippen MR) is 299 cm³/mol. The summed E-state index contributed by atoms with van der Waals surface area (Å²) in [5.41, 5.74) is 11.2. The molecule has 2 atom stereocenters. The lowest BCUT2D eigenvalue weighted by Gasteiger charge is -2.45. The van der Waals surface area contributed by atoms with Crippen molar-refractivity contribution in [1.29, 1.82) is 0 Å². The van der Waals surface area contributed by atoms with Crippen LogP contribution in [0.1, 0.15) is 57.1 Å². The topological polar surface area (TPSA) is 221 Å². The summed E-state index contributed by atoms with van der Waals surface area (Å²) in [7, 11) is 10.0. The van der Waals surface area contributed by atoms with E-state index in [4.69, 9.17) is 34.4 Å². The number of carbonyl (C=O) groups is 2. The highest BCUT2D eigenvalue weighted by Gasteiger charge is 2.39. The summed E-state index contributed by atoms with van der Waals surface area (Å²) in [5.74, 6) is 0.829. The molecule has 21 nitrogen and oxygen atoms in total. The predicted octanol–water partition coefficient (Wildman–Crippen LogP) is 5.82. The Kier molecular flexibility index (Phi) is 13.2. The van der Waals surface area contributed by atoms with Crippen LogP contribution in [0.15, 0.2) is 85.7 Å². The van der Waals surface area contributed by atoms with Crippen LogP contribution in [0.5, 0.6) is 0 Å². The van der Waals surface area contributed by atoms with E-state index in [0.29, 0.717) is 98.9 Å². The second kappa shape index (κ2) is 20.4. The summed E-state index contributed by atoms with van der Waals surface area (Å²) >= 11 is 0. The zero-order chi connectivity index (χ0) is 54.0. The standard InChI is InChI=1S/C57H64N16O5/c1-57(2,76)46-31-73(45-9-11-48(67-43(45)30-69(5)6)65-41-26-60-51(38-24-62-55(74)49(38)41)34-12-16-58-53-36(34)14-18-70(53)7)33(32-78-46)28-72-19-15-37-35(13-17-59-54(37)72)52-39-25-63-56(75)50(39)40(27-61-52)64-47-10-8-44(42(66-47)29-68(3)4)71-20-22-77-23-21-71/h8-19,26-27,33,46,76H,20-25,28-32H2,1-7H3,(H,62,74)(H,63,75)(H,64,66)(H,65,67)/t33?,46-/m0/s1. The normalized spacial score (nSPS) is 17.6. The number of carbonyl (C=O) groups excluding carboxylic acids is 2. The molecule has 4 aliphatic rings. The third-order valence-electron chi connectivity index (χ3n) is 15.1. The van der Waals surface area contributed by atoms with Crippen LogP contribution in [0.3, 0.4) is 0 Å². The zero-order valence-electron chi connectivity index (χ0n) is 45.0. The maximum atomic E-state index is 13.7. The number of morpholine rings is 2. The van der Waals surface area contributed by atoms with Crippen molar-refractivity contribution in [1.82, 2.24) is 59.5 Å². The van der Waals surface area contributed by atoms with E-state index in [1.807, 2.05) is 82.5 Å². The maximum Gasteiger partial charge on any atom is 0.254 e. The number of aliphatic hydroxyl groups is 1. The van der Waals surface area contributed by atoms with Gasteiger partial charge in [0.25, 0.3) is 11.8 Å². The SMILES string of the molecule is CN(C)Cc1nc(Nc2cnc(-c3ccnc4c3ccn4CC3CO[C@H](C(C)(C)O)CN3c3ccc(Nc4cnc(-c5ccnc6c5ccn6C)c5c4C(=O)NC5)nc3CN(C)C)c3c2C(=O)NC3)ccc1N1CCOCC1. The molecule has 402 valence electrons. The Labute approximate surface area is 451 Å². The lowest BCUT2D eigenvalue weighted by atomic mass is 9.98. The van der Waals surface area contributed by atoms with Gasteiger partial charge >= 0.3 is 0 Å². The number of pyridine rings is 6. The highest BCUT2D eigenvalue weighted by molar-refractivity contribution is 6.08. The minimum Gasteiger partial charge on any atom is -0.388 e. The van der Waals surface area contributed by atoms with Gasteiger partial charge in [0.15, 0.2) is 0 Å². The summed E-state index contributed by atoms with van der Waals surface area (Å²) in [6, 6.07) is 15.8. The number of nitrogens with one attached hydrogen (secondary N) is 4. The molecular formula is C57H64N16O5. The van der Waals surface area contributed by atoms with Crippen LogP contribution in [-0.2, 0) is 49.2 Å². The fourth-order valence-corrected chi connectivity index (χ4v) is 11.3. The summed E-state index contributed by atoms with van der Waals surface area (Å²) in [6.45, 7) is 9.53. The number of ether oxygens (including phenoxy) is 2. The largest absolute Gasteiger partial charge is 0.388 e. The molecule has 5 N–H and O–H groups in total. The van der Waals surface area contributed by atoms with Gasteiger partial charge in [-0.3, -0.25) is 19.6 Å². The van der Waals surface area contributed by atoms with Crippen molar-refractivity contribution in [2.24, 2.45) is 7.05 Å². The molecule has 78 heavy (non-hydrogen) atoms. The number of fused-ring (bicyclic) bond motifs is 4. The van der Waals surface area contributed by atoms with Gasteiger partial charge in [-0.15, -0.1) is 0 Å². The highest BCUT2D eigenvalue weighted by Crippen LogP contribution is 2.40. The van der Waals surface area contributed by atoms with E-state index in [1.54, 1.807) is 38.6 Å². The third kappa shape index (κ3) is 9.50. The number of nitrogens with zero attached hydrogens (tertiary/aromatic N) is 12. The fourth-order valence-electron chi connectivity index (χ4n) is 11.3. The van der Waals surface area contributed by atoms with Gasteiger partial charge in [0.1, 0.15) is 29.0 Å². The molecule has 4 aliphatic heterocycles. The number of anilines is 6. The first-order valence-corrected chi connectivity index (χ1v) is 26.4. The lowest BCUT2D eigenvalue weighted by Crippen LogP contribution is -2.57. The number of amides is 2. The Morgan fingerprint density at radius 3 is 1.86 bits per heavy atom. The smallest absolute Gasteiger partial charge is 0.254 e. The molecule has 2 amide bonds. The molecule has 0 radical (unpaired) electrons. The Hall–Kier alpha value is -8.08. The van der Waals surface area contributed by atoms with Crippen molar-refractivity contribution in [2.45, 2.75) is 64.3 Å². The Morgan fingerprint density at radius 1 is 0.718 bits per heavy atom. The van der Waals surface area contributed by atoms with E-state index in [2.05, 4.69) is 68.6 Å². The van der Waals surface area contributed by atoms with Crippen molar-refractivity contribution in [3.63, 3.8) is 0 Å². The monoisotopic (exact) mass is 1050 g/mol. The van der Waals surface area contributed by atoms with E-state index < -0.39 is 11.7 Å². The molecule has 0 bridgehead atoms. The highest BCUT2D eigenvalue weighted by atomic mass is 16.5. The number of rotatable bonds is 15. The van der Waals surface area contributed by atoms with Crippen molar-refractivity contribution in [3.8, 4) is 22.5 Å². The van der Waals surface area contributed by atoms with Crippen LogP contribution >= 0.6 is 0 Å². The first kappa shape index (κ1) is 50.7. The third-order valence-corrected chi connectivity index (χ3v) is 15.1. The maximum absolute atomic E-state index is 13.7. The fraction of sp³-hybridized carbons (Fsp3) is 0.368. The Balaban J connectivity index is 0.842. The van der Waals surface area contributed by atoms with E-state index in [0.717, 1.165) is 85.9 Å². The van der Waals surface area contributed by atoms with Crippen molar-refractivity contribution >= 4 is 68.3 Å². The first-order chi connectivity index (χ1) is 37.7. The van der Waals surface area contributed by atoms with Gasteiger partial charge in [0.2, 0.25) is 0 Å². The van der Waals surface area contributed by atoms with Crippen molar-refractivity contribution < 1.29 is 24.2 Å². The van der Waals surface area contributed by atoms with Gasteiger partial charge in [0, 0.05) is 117 Å². The molecule has 8 aromatic heterocycles. The second-order valence-corrected chi connectivity index (χ2v) is 21.6. The summed E-state index contributed by atoms with van der Waals surface area (Å²) < 4.78 is 16.2. The van der Waals surface area contributed by atoms with Gasteiger partial charge in [-0.25, -0.2) is 19.9 Å². The molecule has 12 heterocycles. The van der Waals surface area contributed by atoms with Crippen molar-refractivity contribution in [3.05, 3.63) is 119 Å². The van der Waals surface area contributed by atoms with Gasteiger partial charge in [0.05, 0.1) is 101 Å². The van der Waals surface area contributed by atoms with Gasteiger partial charge < -0.3 is 64.6 Å². The number of aryl methyl sites for hydroxylation is 1. The van der Waals surface area contributed by atoms with Gasteiger partial charge in [-0.05, 0) is 90.6 Å². The van der Waals surface area contributed by atoms with Gasteiger partial charge in [-0.2, -0.15) is 0 Å². The molecule has 0 spiro atoms. The summed E-state index contributed by atoms with van der Waals surface area (Å²) in [5, 5.41) is 26.2. The van der Waals surface area contributed by atoms with Crippen molar-refractivity contribution in [2.75, 3.05) is 88.1 Å². The number of aromatic nitrogens is 8. The Bertz CT molecular complexity index is 3640. The summed E-state index contributed by atoms with van der Waals surface area (Å²) in [4.78, 5) is 65.8. The average Bonchev–Trinajstić information content (AvgIpc) is 4.28. The molecule has 0 aromatic carbocycles. The molecule has 12 rings (SSSR count). The molecule has 0 aliphatic carbocycles. The van der Waals surface area contributed by atoms with Crippen LogP contribution in [0.4, 0.5) is 34.4 Å². The molecule has 2 fully saturated rings.